The van der Waals surface area contributed by atoms with Crippen LogP contribution < -0.4 is 5.32 Å². The quantitative estimate of drug-likeness (QED) is 0.768. The average Bonchev–Trinajstić information content (AvgIpc) is 3.13. The molecule has 2 aromatic heterocycles. The van der Waals surface area contributed by atoms with E-state index in [4.69, 9.17) is 0 Å². The molecule has 0 fully saturated rings. The lowest BCUT2D eigenvalue weighted by Gasteiger charge is -2.19. The van der Waals surface area contributed by atoms with Crippen molar-refractivity contribution in [2.45, 2.75) is 39.7 Å². The summed E-state index contributed by atoms with van der Waals surface area (Å²) in [5.41, 5.74) is 0.578. The van der Waals surface area contributed by atoms with E-state index in [1.807, 2.05) is 19.2 Å². The highest BCUT2D eigenvalue weighted by atomic mass is 16.1. The molecule has 0 spiro atoms. The predicted octanol–water partition coefficient (Wildman–Crippen LogP) is 2.51. The molecule has 6 heteroatoms. The average molecular weight is 329 g/mol. The zero-order valence-electron chi connectivity index (χ0n) is 14.8. The summed E-state index contributed by atoms with van der Waals surface area (Å²) in [5, 5.41) is 3.04. The molecule has 0 aliphatic heterocycles. The number of imidazole rings is 1. The van der Waals surface area contributed by atoms with E-state index < -0.39 is 0 Å². The van der Waals surface area contributed by atoms with Crippen molar-refractivity contribution in [3.63, 3.8) is 0 Å². The molecule has 0 bridgehead atoms. The smallest absolute Gasteiger partial charge is 0.253 e. The Labute approximate surface area is 143 Å². The van der Waals surface area contributed by atoms with E-state index in [1.165, 1.54) is 0 Å². The summed E-state index contributed by atoms with van der Waals surface area (Å²) in [6, 6.07) is 3.77. The van der Waals surface area contributed by atoms with Gasteiger partial charge in [0.2, 0.25) is 0 Å². The fourth-order valence-corrected chi connectivity index (χ4v) is 2.61. The number of carbonyl (C=O) groups is 1. The highest BCUT2D eigenvalue weighted by Crippen LogP contribution is 2.07. The van der Waals surface area contributed by atoms with Crippen molar-refractivity contribution in [1.82, 2.24) is 24.8 Å². The van der Waals surface area contributed by atoms with Gasteiger partial charge in [0.15, 0.2) is 0 Å². The third-order valence-corrected chi connectivity index (χ3v) is 4.16. The minimum Gasteiger partial charge on any atom is -0.350 e. The zero-order chi connectivity index (χ0) is 17.4. The predicted molar refractivity (Wildman–Crippen MR) is 95.3 cm³/mol. The lowest BCUT2D eigenvalue weighted by molar-refractivity contribution is 0.0937. The number of nitrogens with one attached hydrogen (secondary N) is 1. The van der Waals surface area contributed by atoms with E-state index in [-0.39, 0.29) is 11.9 Å². The van der Waals surface area contributed by atoms with Crippen molar-refractivity contribution in [2.75, 3.05) is 19.6 Å². The molecular weight excluding hydrogens is 302 g/mol. The summed E-state index contributed by atoms with van der Waals surface area (Å²) in [6.07, 6.45) is 8.86. The highest BCUT2D eigenvalue weighted by Gasteiger charge is 2.11. The number of aromatic nitrogens is 3. The van der Waals surface area contributed by atoms with Crippen LogP contribution in [-0.4, -0.2) is 51.0 Å². The van der Waals surface area contributed by atoms with Crippen molar-refractivity contribution >= 4 is 5.91 Å². The second-order valence-electron chi connectivity index (χ2n) is 5.92. The van der Waals surface area contributed by atoms with E-state index in [9.17, 15) is 4.79 Å². The SMILES string of the molecule is CCN(CC)CCC[C@H](C)NC(=O)c1ccc(-n2ccnc2)nc1. The molecule has 130 valence electrons. The Morgan fingerprint density at radius 1 is 1.33 bits per heavy atom. The van der Waals surface area contributed by atoms with Crippen LogP contribution in [0.25, 0.3) is 5.82 Å². The first-order chi connectivity index (χ1) is 11.6. The summed E-state index contributed by atoms with van der Waals surface area (Å²) in [7, 11) is 0. The van der Waals surface area contributed by atoms with Gasteiger partial charge in [-0.25, -0.2) is 9.97 Å². The van der Waals surface area contributed by atoms with E-state index in [0.29, 0.717) is 5.56 Å². The minimum atomic E-state index is -0.0741. The topological polar surface area (TPSA) is 63.1 Å². The zero-order valence-corrected chi connectivity index (χ0v) is 14.8. The number of nitrogens with zero attached hydrogens (tertiary/aromatic N) is 4. The third-order valence-electron chi connectivity index (χ3n) is 4.16. The van der Waals surface area contributed by atoms with Gasteiger partial charge in [0, 0.05) is 24.6 Å². The van der Waals surface area contributed by atoms with Crippen molar-refractivity contribution in [1.29, 1.82) is 0 Å². The van der Waals surface area contributed by atoms with E-state index in [2.05, 4.69) is 34.0 Å². The fourth-order valence-electron chi connectivity index (χ4n) is 2.61. The maximum Gasteiger partial charge on any atom is 0.253 e. The van der Waals surface area contributed by atoms with Crippen molar-refractivity contribution in [3.8, 4) is 5.82 Å². The van der Waals surface area contributed by atoms with Crippen LogP contribution in [0.2, 0.25) is 0 Å². The molecule has 6 nitrogen and oxygen atoms in total. The first-order valence-electron chi connectivity index (χ1n) is 8.61. The molecular formula is C18H27N5O. The van der Waals surface area contributed by atoms with Gasteiger partial charge in [-0.05, 0) is 51.5 Å². The van der Waals surface area contributed by atoms with Gasteiger partial charge in [0.05, 0.1) is 5.56 Å². The van der Waals surface area contributed by atoms with Crippen LogP contribution in [0.3, 0.4) is 0 Å². The summed E-state index contributed by atoms with van der Waals surface area (Å²) in [6.45, 7) is 9.63. The number of rotatable bonds is 9. The second-order valence-corrected chi connectivity index (χ2v) is 5.92. The standard InChI is InChI=1S/C18H27N5O/c1-4-22(5-2)11-6-7-15(3)21-18(24)16-8-9-17(20-13-16)23-12-10-19-14-23/h8-10,12-15H,4-7,11H2,1-3H3,(H,21,24)/t15-/m0/s1. The van der Waals surface area contributed by atoms with Gasteiger partial charge >= 0.3 is 0 Å². The Kier molecular flexibility index (Phi) is 6.93. The summed E-state index contributed by atoms with van der Waals surface area (Å²) in [4.78, 5) is 23.0. The Morgan fingerprint density at radius 2 is 2.12 bits per heavy atom. The molecule has 0 radical (unpaired) electrons. The molecule has 1 amide bonds. The second kappa shape index (κ2) is 9.17. The largest absolute Gasteiger partial charge is 0.350 e. The van der Waals surface area contributed by atoms with Gasteiger partial charge in [-0.2, -0.15) is 0 Å². The normalized spacial score (nSPS) is 12.3. The van der Waals surface area contributed by atoms with E-state index in [0.717, 1.165) is 38.3 Å². The first kappa shape index (κ1) is 18.1. The first-order valence-corrected chi connectivity index (χ1v) is 8.61. The van der Waals surface area contributed by atoms with Gasteiger partial charge in [0.1, 0.15) is 12.1 Å². The van der Waals surface area contributed by atoms with Crippen molar-refractivity contribution in [2.24, 2.45) is 0 Å². The maximum atomic E-state index is 12.3. The number of hydrogen-bond donors (Lipinski definition) is 1. The van der Waals surface area contributed by atoms with E-state index >= 15 is 0 Å². The molecule has 2 heterocycles. The molecule has 0 saturated carbocycles. The Bertz CT molecular complexity index is 605. The third kappa shape index (κ3) is 5.16. The van der Waals surface area contributed by atoms with Crippen LogP contribution in [0.1, 0.15) is 44.0 Å². The van der Waals surface area contributed by atoms with Gasteiger partial charge < -0.3 is 10.2 Å². The Hall–Kier alpha value is -2.21. The Balaban J connectivity index is 1.81. The number of pyridine rings is 1. The summed E-state index contributed by atoms with van der Waals surface area (Å²) < 4.78 is 1.80. The van der Waals surface area contributed by atoms with Crippen LogP contribution in [0.5, 0.6) is 0 Å². The molecule has 0 saturated heterocycles. The van der Waals surface area contributed by atoms with Crippen molar-refractivity contribution in [3.05, 3.63) is 42.6 Å². The molecule has 0 aliphatic carbocycles. The van der Waals surface area contributed by atoms with Crippen LogP contribution in [0.4, 0.5) is 0 Å². The maximum absolute atomic E-state index is 12.3. The molecule has 24 heavy (non-hydrogen) atoms. The van der Waals surface area contributed by atoms with Gasteiger partial charge in [-0.1, -0.05) is 13.8 Å². The monoisotopic (exact) mass is 329 g/mol. The van der Waals surface area contributed by atoms with Crippen molar-refractivity contribution < 1.29 is 4.79 Å². The number of carbonyl (C=O) groups excluding carboxylic acids is 1. The molecule has 0 unspecified atom stereocenters. The van der Waals surface area contributed by atoms with E-state index in [1.54, 1.807) is 29.4 Å². The molecule has 2 rings (SSSR count). The highest BCUT2D eigenvalue weighted by molar-refractivity contribution is 5.94. The number of hydrogen-bond acceptors (Lipinski definition) is 4. The summed E-state index contributed by atoms with van der Waals surface area (Å²) in [5.74, 6) is 0.673. The fraction of sp³-hybridized carbons (Fsp3) is 0.500. The molecule has 1 N–H and O–H groups in total. The van der Waals surface area contributed by atoms with Crippen LogP contribution >= 0.6 is 0 Å². The molecule has 0 aliphatic rings. The minimum absolute atomic E-state index is 0.0741. The molecule has 1 atom stereocenters. The van der Waals surface area contributed by atoms with Gasteiger partial charge in [-0.15, -0.1) is 0 Å². The van der Waals surface area contributed by atoms with Crippen LogP contribution in [0.15, 0.2) is 37.1 Å². The lowest BCUT2D eigenvalue weighted by atomic mass is 10.1. The summed E-state index contributed by atoms with van der Waals surface area (Å²) >= 11 is 0. The van der Waals surface area contributed by atoms with Crippen LogP contribution in [0, 0.1) is 0 Å². The van der Waals surface area contributed by atoms with Crippen LogP contribution in [-0.2, 0) is 0 Å². The molecule has 0 aromatic carbocycles. The number of amides is 1. The van der Waals surface area contributed by atoms with Gasteiger partial charge in [0.25, 0.3) is 5.91 Å². The Morgan fingerprint density at radius 3 is 2.71 bits per heavy atom. The molecule has 2 aromatic rings. The van der Waals surface area contributed by atoms with Gasteiger partial charge in [-0.3, -0.25) is 9.36 Å². The lowest BCUT2D eigenvalue weighted by Crippen LogP contribution is -2.33.